The molecule has 0 aromatic carbocycles. The maximum atomic E-state index is 10.9. The summed E-state index contributed by atoms with van der Waals surface area (Å²) in [6.07, 6.45) is 5.18. The second kappa shape index (κ2) is 6.44. The molecule has 1 N–H and O–H groups in total. The molecule has 3 atom stereocenters. The zero-order valence-corrected chi connectivity index (χ0v) is 13.1. The quantitative estimate of drug-likeness (QED) is 0.865. The molecule has 0 radical (unpaired) electrons. The highest BCUT2D eigenvalue weighted by molar-refractivity contribution is 5.67. The fourth-order valence-electron chi connectivity index (χ4n) is 3.92. The summed E-state index contributed by atoms with van der Waals surface area (Å²) in [4.78, 5) is 13.4. The van der Waals surface area contributed by atoms with Crippen LogP contribution in [-0.4, -0.2) is 47.8 Å². The number of morpholine rings is 1. The predicted octanol–water partition coefficient (Wildman–Crippen LogP) is 2.77. The molecule has 20 heavy (non-hydrogen) atoms. The van der Waals surface area contributed by atoms with E-state index in [-0.39, 0.29) is 12.5 Å². The van der Waals surface area contributed by atoms with Crippen molar-refractivity contribution in [3.8, 4) is 0 Å². The van der Waals surface area contributed by atoms with Crippen LogP contribution in [0.25, 0.3) is 0 Å². The Morgan fingerprint density at radius 1 is 1.30 bits per heavy atom. The highest BCUT2D eigenvalue weighted by atomic mass is 16.5. The van der Waals surface area contributed by atoms with Crippen LogP contribution in [0.4, 0.5) is 0 Å². The van der Waals surface area contributed by atoms with Gasteiger partial charge in [0.25, 0.3) is 0 Å². The monoisotopic (exact) mass is 283 g/mol. The van der Waals surface area contributed by atoms with Crippen molar-refractivity contribution in [2.24, 2.45) is 11.3 Å². The summed E-state index contributed by atoms with van der Waals surface area (Å²) in [7, 11) is 0. The molecular formula is C16H29NO3. The van der Waals surface area contributed by atoms with Gasteiger partial charge in [0.2, 0.25) is 0 Å². The minimum Gasteiger partial charge on any atom is -0.481 e. The molecule has 2 rings (SSSR count). The third-order valence-electron chi connectivity index (χ3n) is 4.88. The van der Waals surface area contributed by atoms with Gasteiger partial charge >= 0.3 is 5.97 Å². The molecule has 1 saturated carbocycles. The van der Waals surface area contributed by atoms with Crippen molar-refractivity contribution >= 4 is 5.97 Å². The number of hydrogen-bond acceptors (Lipinski definition) is 3. The smallest absolute Gasteiger partial charge is 0.306 e. The molecule has 2 aliphatic rings. The van der Waals surface area contributed by atoms with Crippen molar-refractivity contribution in [2.75, 3.05) is 19.7 Å². The fourth-order valence-corrected chi connectivity index (χ4v) is 3.92. The van der Waals surface area contributed by atoms with Crippen LogP contribution >= 0.6 is 0 Å². The van der Waals surface area contributed by atoms with Crippen LogP contribution in [0, 0.1) is 11.3 Å². The first kappa shape index (κ1) is 15.8. The number of ether oxygens (including phenoxy) is 1. The maximum absolute atomic E-state index is 10.9. The molecule has 0 aromatic rings. The largest absolute Gasteiger partial charge is 0.481 e. The fraction of sp³-hybridized carbons (Fsp3) is 0.938. The number of hydrogen-bond donors (Lipinski definition) is 1. The lowest BCUT2D eigenvalue weighted by Gasteiger charge is -2.48. The average Bonchev–Trinajstić information content (AvgIpc) is 2.37. The molecular weight excluding hydrogens is 254 g/mol. The molecule has 0 spiro atoms. The van der Waals surface area contributed by atoms with Crippen LogP contribution in [0.1, 0.15) is 52.9 Å². The Hall–Kier alpha value is -0.610. The Morgan fingerprint density at radius 3 is 2.65 bits per heavy atom. The normalized spacial score (nSPS) is 33.0. The summed E-state index contributed by atoms with van der Waals surface area (Å²) in [6, 6.07) is 0.601. The van der Waals surface area contributed by atoms with Crippen LogP contribution in [-0.2, 0) is 9.53 Å². The van der Waals surface area contributed by atoms with E-state index >= 15 is 0 Å². The van der Waals surface area contributed by atoms with Crippen LogP contribution in [0.3, 0.4) is 0 Å². The van der Waals surface area contributed by atoms with E-state index in [9.17, 15) is 4.79 Å². The minimum atomic E-state index is -0.757. The first-order valence-corrected chi connectivity index (χ1v) is 7.95. The Balaban J connectivity index is 2.02. The topological polar surface area (TPSA) is 49.8 Å². The predicted molar refractivity (Wildman–Crippen MR) is 78.8 cm³/mol. The van der Waals surface area contributed by atoms with Crippen molar-refractivity contribution in [1.29, 1.82) is 0 Å². The number of rotatable bonds is 3. The summed E-state index contributed by atoms with van der Waals surface area (Å²) < 4.78 is 5.61. The van der Waals surface area contributed by atoms with Crippen LogP contribution in [0.15, 0.2) is 0 Å². The zero-order chi connectivity index (χ0) is 14.8. The maximum Gasteiger partial charge on any atom is 0.306 e. The molecule has 2 fully saturated rings. The van der Waals surface area contributed by atoms with Gasteiger partial charge in [0.15, 0.2) is 0 Å². The molecule has 1 saturated heterocycles. The number of aliphatic carboxylic acids is 1. The first-order chi connectivity index (χ1) is 9.38. The molecule has 0 amide bonds. The Morgan fingerprint density at radius 2 is 2.00 bits per heavy atom. The standard InChI is InChI=1S/C16H29NO3/c1-16(2,3)13-6-4-5-7-14(13)17-8-9-20-12(11-17)10-15(18)19/h12-14H,4-11H2,1-3H3,(H,18,19). The molecule has 3 unspecified atom stereocenters. The summed E-state index contributed by atoms with van der Waals surface area (Å²) in [5, 5.41) is 8.95. The van der Waals surface area contributed by atoms with Gasteiger partial charge < -0.3 is 9.84 Å². The van der Waals surface area contributed by atoms with Gasteiger partial charge in [-0.2, -0.15) is 0 Å². The Labute approximate surface area is 122 Å². The first-order valence-electron chi connectivity index (χ1n) is 7.95. The number of nitrogens with zero attached hydrogens (tertiary/aromatic N) is 1. The number of carbonyl (C=O) groups is 1. The molecule has 0 aromatic heterocycles. The second-order valence-electron chi connectivity index (χ2n) is 7.41. The van der Waals surface area contributed by atoms with Gasteiger partial charge in [0.05, 0.1) is 19.1 Å². The van der Waals surface area contributed by atoms with E-state index in [1.54, 1.807) is 0 Å². The van der Waals surface area contributed by atoms with E-state index in [1.807, 2.05) is 0 Å². The summed E-state index contributed by atoms with van der Waals surface area (Å²) in [6.45, 7) is 9.42. The lowest BCUT2D eigenvalue weighted by Crippen LogP contribution is -2.53. The summed E-state index contributed by atoms with van der Waals surface area (Å²) >= 11 is 0. The lowest BCUT2D eigenvalue weighted by atomic mass is 9.69. The van der Waals surface area contributed by atoms with Gasteiger partial charge in [-0.25, -0.2) is 0 Å². The van der Waals surface area contributed by atoms with Crippen LogP contribution in [0.5, 0.6) is 0 Å². The molecule has 4 heteroatoms. The molecule has 1 heterocycles. The van der Waals surface area contributed by atoms with Crippen molar-refractivity contribution in [2.45, 2.75) is 65.0 Å². The summed E-state index contributed by atoms with van der Waals surface area (Å²) in [5.74, 6) is -0.0484. The molecule has 4 nitrogen and oxygen atoms in total. The van der Waals surface area contributed by atoms with Crippen molar-refractivity contribution in [3.05, 3.63) is 0 Å². The zero-order valence-electron chi connectivity index (χ0n) is 13.1. The third-order valence-corrected chi connectivity index (χ3v) is 4.88. The van der Waals surface area contributed by atoms with E-state index in [1.165, 1.54) is 25.7 Å². The van der Waals surface area contributed by atoms with Crippen LogP contribution in [0.2, 0.25) is 0 Å². The highest BCUT2D eigenvalue weighted by Gasteiger charge is 2.39. The highest BCUT2D eigenvalue weighted by Crippen LogP contribution is 2.40. The number of carboxylic acids is 1. The lowest BCUT2D eigenvalue weighted by molar-refractivity contribution is -0.143. The van der Waals surface area contributed by atoms with Gasteiger partial charge in [0.1, 0.15) is 0 Å². The molecule has 0 bridgehead atoms. The summed E-state index contributed by atoms with van der Waals surface area (Å²) in [5.41, 5.74) is 0.325. The second-order valence-corrected chi connectivity index (χ2v) is 7.41. The van der Waals surface area contributed by atoms with Crippen molar-refractivity contribution in [1.82, 2.24) is 4.90 Å². The van der Waals surface area contributed by atoms with E-state index in [2.05, 4.69) is 25.7 Å². The third kappa shape index (κ3) is 3.95. The van der Waals surface area contributed by atoms with Gasteiger partial charge in [-0.05, 0) is 24.2 Å². The van der Waals surface area contributed by atoms with E-state index in [4.69, 9.17) is 9.84 Å². The Kier molecular flexibility index (Phi) is 5.08. The van der Waals surface area contributed by atoms with E-state index < -0.39 is 5.97 Å². The van der Waals surface area contributed by atoms with E-state index in [0.717, 1.165) is 13.1 Å². The Bertz CT molecular complexity index is 337. The molecule has 1 aliphatic heterocycles. The van der Waals surface area contributed by atoms with Gasteiger partial charge in [0, 0.05) is 19.1 Å². The van der Waals surface area contributed by atoms with Gasteiger partial charge in [-0.1, -0.05) is 33.6 Å². The average molecular weight is 283 g/mol. The van der Waals surface area contributed by atoms with Crippen molar-refractivity contribution in [3.63, 3.8) is 0 Å². The van der Waals surface area contributed by atoms with E-state index in [0.29, 0.717) is 24.0 Å². The molecule has 1 aliphatic carbocycles. The SMILES string of the molecule is CC(C)(C)C1CCCCC1N1CCOC(CC(=O)O)C1. The molecule has 116 valence electrons. The minimum absolute atomic E-state index is 0.128. The van der Waals surface area contributed by atoms with Crippen LogP contribution < -0.4 is 0 Å². The number of carboxylic acid groups (broad SMARTS) is 1. The van der Waals surface area contributed by atoms with Gasteiger partial charge in [-0.3, -0.25) is 9.69 Å². The van der Waals surface area contributed by atoms with Crippen molar-refractivity contribution < 1.29 is 14.6 Å². The van der Waals surface area contributed by atoms with Gasteiger partial charge in [-0.15, -0.1) is 0 Å².